The molecule has 0 saturated heterocycles. The fourth-order valence-corrected chi connectivity index (χ4v) is 3.08. The van der Waals surface area contributed by atoms with Gasteiger partial charge in [-0.3, -0.25) is 4.79 Å². The van der Waals surface area contributed by atoms with Gasteiger partial charge in [-0.25, -0.2) is 4.98 Å². The molecule has 124 valence electrons. The van der Waals surface area contributed by atoms with Crippen molar-refractivity contribution in [3.8, 4) is 6.07 Å². The molecule has 0 bridgehead atoms. The van der Waals surface area contributed by atoms with E-state index in [0.717, 1.165) is 12.0 Å². The molecule has 1 aromatic heterocycles. The number of hydrogen-bond donors (Lipinski definition) is 1. The number of carbonyl (C=O) groups is 1. The minimum Gasteiger partial charge on any atom is -0.349 e. The molecule has 0 saturated carbocycles. The summed E-state index contributed by atoms with van der Waals surface area (Å²) in [5.41, 5.74) is 1.67. The van der Waals surface area contributed by atoms with Gasteiger partial charge in [-0.2, -0.15) is 5.26 Å². The summed E-state index contributed by atoms with van der Waals surface area (Å²) >= 11 is 1.34. The highest BCUT2D eigenvalue weighted by Crippen LogP contribution is 2.22. The largest absolute Gasteiger partial charge is 0.349 e. The maximum atomic E-state index is 12.3. The number of rotatable bonds is 7. The van der Waals surface area contributed by atoms with Crippen LogP contribution in [0, 0.1) is 17.2 Å². The summed E-state index contributed by atoms with van der Waals surface area (Å²) in [7, 11) is 0. The molecule has 1 unspecified atom stereocenters. The van der Waals surface area contributed by atoms with E-state index in [4.69, 9.17) is 5.26 Å². The van der Waals surface area contributed by atoms with Gasteiger partial charge in [0.05, 0.1) is 28.5 Å². The summed E-state index contributed by atoms with van der Waals surface area (Å²) in [5, 5.41) is 12.7. The van der Waals surface area contributed by atoms with Crippen LogP contribution in [0.25, 0.3) is 0 Å². The number of nitrogens with one attached hydrogen (secondary N) is 1. The lowest BCUT2D eigenvalue weighted by molar-refractivity contribution is -0.119. The van der Waals surface area contributed by atoms with Crippen LogP contribution in [-0.2, 0) is 4.79 Å². The first-order valence-electron chi connectivity index (χ1n) is 7.91. The Morgan fingerprint density at radius 2 is 2.04 bits per heavy atom. The van der Waals surface area contributed by atoms with Crippen LogP contribution < -0.4 is 5.32 Å². The molecule has 2 rings (SSSR count). The third-order valence-corrected chi connectivity index (χ3v) is 4.38. The van der Waals surface area contributed by atoms with E-state index in [1.807, 2.05) is 30.3 Å². The highest BCUT2D eigenvalue weighted by Gasteiger charge is 2.16. The van der Waals surface area contributed by atoms with Crippen molar-refractivity contribution in [2.45, 2.75) is 31.3 Å². The molecule has 0 aliphatic carbocycles. The van der Waals surface area contributed by atoms with Crippen LogP contribution in [0.1, 0.15) is 37.4 Å². The zero-order valence-electron chi connectivity index (χ0n) is 13.9. The first kappa shape index (κ1) is 18.0. The zero-order chi connectivity index (χ0) is 17.4. The van der Waals surface area contributed by atoms with E-state index in [1.54, 1.807) is 18.3 Å². The van der Waals surface area contributed by atoms with Gasteiger partial charge in [-0.1, -0.05) is 55.9 Å². The van der Waals surface area contributed by atoms with Gasteiger partial charge in [0.1, 0.15) is 0 Å². The molecule has 24 heavy (non-hydrogen) atoms. The molecule has 0 spiro atoms. The molecule has 2 aromatic rings. The Morgan fingerprint density at radius 3 is 2.71 bits per heavy atom. The van der Waals surface area contributed by atoms with Crippen LogP contribution in [0.2, 0.25) is 0 Å². The van der Waals surface area contributed by atoms with Gasteiger partial charge in [0.2, 0.25) is 5.91 Å². The number of nitriles is 1. The van der Waals surface area contributed by atoms with Gasteiger partial charge in [0.15, 0.2) is 0 Å². The van der Waals surface area contributed by atoms with Crippen LogP contribution in [-0.4, -0.2) is 16.6 Å². The number of hydrogen-bond acceptors (Lipinski definition) is 4. The highest BCUT2D eigenvalue weighted by molar-refractivity contribution is 7.99. The number of nitrogens with zero attached hydrogens (tertiary/aromatic N) is 2. The van der Waals surface area contributed by atoms with Crippen molar-refractivity contribution in [1.82, 2.24) is 10.3 Å². The van der Waals surface area contributed by atoms with E-state index in [2.05, 4.69) is 30.2 Å². The molecule has 1 heterocycles. The molecule has 1 atom stereocenters. The Kier molecular flexibility index (Phi) is 6.83. The Balaban J connectivity index is 1.96. The van der Waals surface area contributed by atoms with Crippen LogP contribution in [0.5, 0.6) is 0 Å². The minimum absolute atomic E-state index is 0.0118. The fraction of sp³-hybridized carbons (Fsp3) is 0.316. The van der Waals surface area contributed by atoms with Crippen molar-refractivity contribution in [2.24, 2.45) is 5.92 Å². The Labute approximate surface area is 147 Å². The van der Waals surface area contributed by atoms with Gasteiger partial charge in [0, 0.05) is 6.20 Å². The number of carbonyl (C=O) groups excluding carboxylic acids is 1. The van der Waals surface area contributed by atoms with E-state index < -0.39 is 0 Å². The first-order valence-corrected chi connectivity index (χ1v) is 8.90. The summed E-state index contributed by atoms with van der Waals surface area (Å²) in [4.78, 5) is 16.5. The normalized spacial score (nSPS) is 11.8. The molecular formula is C19H21N3OS. The van der Waals surface area contributed by atoms with Gasteiger partial charge in [0.25, 0.3) is 0 Å². The number of thioether (sulfide) groups is 1. The van der Waals surface area contributed by atoms with Crippen molar-refractivity contribution < 1.29 is 4.79 Å². The molecule has 0 radical (unpaired) electrons. The van der Waals surface area contributed by atoms with Crippen molar-refractivity contribution in [3.05, 3.63) is 59.8 Å². The van der Waals surface area contributed by atoms with E-state index >= 15 is 0 Å². The smallest absolute Gasteiger partial charge is 0.230 e. The number of amides is 1. The fourth-order valence-electron chi connectivity index (χ4n) is 2.37. The van der Waals surface area contributed by atoms with E-state index in [1.165, 1.54) is 11.8 Å². The van der Waals surface area contributed by atoms with Crippen molar-refractivity contribution in [2.75, 3.05) is 5.75 Å². The van der Waals surface area contributed by atoms with Crippen molar-refractivity contribution >= 4 is 17.7 Å². The number of benzene rings is 1. The first-order chi connectivity index (χ1) is 11.6. The highest BCUT2D eigenvalue weighted by atomic mass is 32.2. The number of aromatic nitrogens is 1. The minimum atomic E-state index is -0.0290. The summed E-state index contributed by atoms with van der Waals surface area (Å²) in [6.45, 7) is 4.29. The topological polar surface area (TPSA) is 65.8 Å². The monoisotopic (exact) mass is 339 g/mol. The molecule has 0 aliphatic heterocycles. The lowest BCUT2D eigenvalue weighted by Crippen LogP contribution is -2.30. The zero-order valence-corrected chi connectivity index (χ0v) is 14.7. The average molecular weight is 339 g/mol. The Bertz CT molecular complexity index is 710. The average Bonchev–Trinajstić information content (AvgIpc) is 2.60. The molecular weight excluding hydrogens is 318 g/mol. The maximum Gasteiger partial charge on any atom is 0.230 e. The van der Waals surface area contributed by atoms with E-state index in [-0.39, 0.29) is 17.7 Å². The SMILES string of the molecule is CC(C)CC(NC(=O)CSc1cc(C#N)ccn1)c1ccccc1. The quantitative estimate of drug-likeness (QED) is 0.776. The van der Waals surface area contributed by atoms with Crippen LogP contribution >= 0.6 is 11.8 Å². The third-order valence-electron chi connectivity index (χ3n) is 3.46. The van der Waals surface area contributed by atoms with Gasteiger partial charge < -0.3 is 5.32 Å². The van der Waals surface area contributed by atoms with Crippen molar-refractivity contribution in [3.63, 3.8) is 0 Å². The summed E-state index contributed by atoms with van der Waals surface area (Å²) in [5.74, 6) is 0.736. The molecule has 0 aliphatic rings. The standard InChI is InChI=1S/C19H21N3OS/c1-14(2)10-17(16-6-4-3-5-7-16)22-18(23)13-24-19-11-15(12-20)8-9-21-19/h3-9,11,14,17H,10,13H2,1-2H3,(H,22,23). The second kappa shape index (κ2) is 9.09. The van der Waals surface area contributed by atoms with Crippen LogP contribution in [0.15, 0.2) is 53.7 Å². The lowest BCUT2D eigenvalue weighted by atomic mass is 9.97. The summed E-state index contributed by atoms with van der Waals surface area (Å²) in [6, 6.07) is 15.5. The van der Waals surface area contributed by atoms with E-state index in [0.29, 0.717) is 16.5 Å². The molecule has 1 N–H and O–H groups in total. The molecule has 1 aromatic carbocycles. The van der Waals surface area contributed by atoms with Crippen LogP contribution in [0.4, 0.5) is 0 Å². The van der Waals surface area contributed by atoms with Gasteiger partial charge in [-0.05, 0) is 30.0 Å². The second-order valence-electron chi connectivity index (χ2n) is 5.94. The molecule has 1 amide bonds. The molecule has 5 heteroatoms. The van der Waals surface area contributed by atoms with E-state index in [9.17, 15) is 4.79 Å². The van der Waals surface area contributed by atoms with Crippen LogP contribution in [0.3, 0.4) is 0 Å². The Hall–Kier alpha value is -2.32. The predicted molar refractivity (Wildman–Crippen MR) is 96.5 cm³/mol. The Morgan fingerprint density at radius 1 is 1.29 bits per heavy atom. The van der Waals surface area contributed by atoms with Gasteiger partial charge >= 0.3 is 0 Å². The second-order valence-corrected chi connectivity index (χ2v) is 6.94. The summed E-state index contributed by atoms with van der Waals surface area (Å²) < 4.78 is 0. The molecule has 4 nitrogen and oxygen atoms in total. The third kappa shape index (κ3) is 5.71. The maximum absolute atomic E-state index is 12.3. The van der Waals surface area contributed by atoms with Crippen molar-refractivity contribution in [1.29, 1.82) is 5.26 Å². The predicted octanol–water partition coefficient (Wildman–Crippen LogP) is 3.95. The molecule has 0 fully saturated rings. The lowest BCUT2D eigenvalue weighted by Gasteiger charge is -2.21. The number of pyridine rings is 1. The van der Waals surface area contributed by atoms with Gasteiger partial charge in [-0.15, -0.1) is 0 Å². The summed E-state index contributed by atoms with van der Waals surface area (Å²) in [6.07, 6.45) is 2.48.